The lowest BCUT2D eigenvalue weighted by Crippen LogP contribution is -2.02. The lowest BCUT2D eigenvalue weighted by molar-refractivity contribution is 0.104. The van der Waals surface area contributed by atoms with Crippen LogP contribution >= 0.6 is 11.3 Å². The van der Waals surface area contributed by atoms with Crippen LogP contribution < -0.4 is 11.1 Å². The van der Waals surface area contributed by atoms with E-state index >= 15 is 0 Å². The summed E-state index contributed by atoms with van der Waals surface area (Å²) in [6.07, 6.45) is 0.959. The fourth-order valence-electron chi connectivity index (χ4n) is 1.53. The normalized spacial score (nSPS) is 10.4. The molecule has 1 heterocycles. The molecule has 1 aromatic carbocycles. The molecule has 1 aromatic heterocycles. The van der Waals surface area contributed by atoms with Crippen LogP contribution in [0.2, 0.25) is 0 Å². The molecule has 0 aliphatic heterocycles. The average Bonchev–Trinajstić information content (AvgIpc) is 2.77. The number of rotatable bonds is 5. The lowest BCUT2D eigenvalue weighted by Gasteiger charge is -1.98. The number of carbonyl (C=O) groups is 1. The van der Waals surface area contributed by atoms with Crippen LogP contribution in [0.25, 0.3) is 0 Å². The fourth-order valence-corrected chi connectivity index (χ4v) is 2.41. The molecular weight excluding hydrogens is 265 g/mol. The predicted molar refractivity (Wildman–Crippen MR) is 75.1 cm³/mol. The summed E-state index contributed by atoms with van der Waals surface area (Å²) < 4.78 is 12.8. The van der Waals surface area contributed by atoms with E-state index in [1.807, 2.05) is 6.92 Å². The molecule has 0 aliphatic carbocycles. The molecule has 0 fully saturated rings. The molecule has 0 unspecified atom stereocenters. The smallest absolute Gasteiger partial charge is 0.206 e. The Kier molecular flexibility index (Phi) is 4.11. The zero-order valence-corrected chi connectivity index (χ0v) is 11.3. The maximum atomic E-state index is 12.8. The summed E-state index contributed by atoms with van der Waals surface area (Å²) in [4.78, 5) is 16.7. The van der Waals surface area contributed by atoms with Gasteiger partial charge in [0.15, 0.2) is 5.13 Å². The number of nitrogens with two attached hydrogens (primary N) is 1. The van der Waals surface area contributed by atoms with Gasteiger partial charge in [0.1, 0.15) is 16.5 Å². The van der Waals surface area contributed by atoms with Gasteiger partial charge in [0.25, 0.3) is 0 Å². The second-order valence-corrected chi connectivity index (χ2v) is 5.00. The third-order valence-electron chi connectivity index (χ3n) is 2.49. The van der Waals surface area contributed by atoms with E-state index in [2.05, 4.69) is 10.3 Å². The highest BCUT2D eigenvalue weighted by Gasteiger charge is 2.17. The highest BCUT2D eigenvalue weighted by molar-refractivity contribution is 7.18. The van der Waals surface area contributed by atoms with E-state index in [1.165, 1.54) is 35.6 Å². The van der Waals surface area contributed by atoms with Gasteiger partial charge >= 0.3 is 0 Å². The minimum absolute atomic E-state index is 0.206. The van der Waals surface area contributed by atoms with E-state index in [-0.39, 0.29) is 17.4 Å². The molecular formula is C13H14FN3OS. The standard InChI is InChI=1S/C13H14FN3OS/c1-2-7-16-13-17-12(15)11(19-13)10(18)8-3-5-9(14)6-4-8/h3-6H,2,7,15H2,1H3,(H,16,17). The lowest BCUT2D eigenvalue weighted by atomic mass is 10.1. The Balaban J connectivity index is 2.23. The van der Waals surface area contributed by atoms with Gasteiger partial charge in [-0.25, -0.2) is 9.37 Å². The van der Waals surface area contributed by atoms with Gasteiger partial charge in [-0.3, -0.25) is 4.79 Å². The van der Waals surface area contributed by atoms with Crippen molar-refractivity contribution in [2.24, 2.45) is 0 Å². The topological polar surface area (TPSA) is 68.0 Å². The van der Waals surface area contributed by atoms with E-state index in [0.717, 1.165) is 13.0 Å². The number of hydrogen-bond acceptors (Lipinski definition) is 5. The Bertz CT molecular complexity index is 580. The van der Waals surface area contributed by atoms with Crippen molar-refractivity contribution in [2.75, 3.05) is 17.6 Å². The molecule has 0 atom stereocenters. The molecule has 0 spiro atoms. The van der Waals surface area contributed by atoms with Crippen LogP contribution in [0.4, 0.5) is 15.3 Å². The maximum absolute atomic E-state index is 12.8. The van der Waals surface area contributed by atoms with Crippen LogP contribution in [-0.2, 0) is 0 Å². The Morgan fingerprint density at radius 3 is 2.74 bits per heavy atom. The molecule has 0 bridgehead atoms. The SMILES string of the molecule is CCCNc1nc(N)c(C(=O)c2ccc(F)cc2)s1. The zero-order chi connectivity index (χ0) is 13.8. The van der Waals surface area contributed by atoms with Crippen LogP contribution in [-0.4, -0.2) is 17.3 Å². The Morgan fingerprint density at radius 1 is 1.42 bits per heavy atom. The van der Waals surface area contributed by atoms with Crippen LogP contribution in [0.3, 0.4) is 0 Å². The number of benzene rings is 1. The predicted octanol–water partition coefficient (Wildman–Crippen LogP) is 2.92. The third-order valence-corrected chi connectivity index (χ3v) is 3.52. The maximum Gasteiger partial charge on any atom is 0.206 e. The average molecular weight is 279 g/mol. The molecule has 0 saturated carbocycles. The van der Waals surface area contributed by atoms with Crippen molar-refractivity contribution < 1.29 is 9.18 Å². The van der Waals surface area contributed by atoms with Gasteiger partial charge in [-0.05, 0) is 30.7 Å². The van der Waals surface area contributed by atoms with Crippen molar-refractivity contribution in [1.29, 1.82) is 0 Å². The second kappa shape index (κ2) is 5.79. The number of nitrogens with zero attached hydrogens (tertiary/aromatic N) is 1. The van der Waals surface area contributed by atoms with Gasteiger partial charge in [0.2, 0.25) is 5.78 Å². The molecule has 0 aliphatic rings. The number of aromatic nitrogens is 1. The summed E-state index contributed by atoms with van der Waals surface area (Å²) >= 11 is 1.22. The number of anilines is 2. The first-order chi connectivity index (χ1) is 9.11. The first kappa shape index (κ1) is 13.5. The number of ketones is 1. The van der Waals surface area contributed by atoms with Gasteiger partial charge in [-0.15, -0.1) is 0 Å². The van der Waals surface area contributed by atoms with Crippen molar-refractivity contribution in [1.82, 2.24) is 4.98 Å². The van der Waals surface area contributed by atoms with E-state index in [9.17, 15) is 9.18 Å². The number of nitrogens with one attached hydrogen (secondary N) is 1. The van der Waals surface area contributed by atoms with Crippen LogP contribution in [0.1, 0.15) is 28.6 Å². The van der Waals surface area contributed by atoms with Gasteiger partial charge in [0, 0.05) is 12.1 Å². The minimum Gasteiger partial charge on any atom is -0.382 e. The summed E-state index contributed by atoms with van der Waals surface area (Å²) in [6, 6.07) is 5.38. The van der Waals surface area contributed by atoms with Crippen molar-refractivity contribution in [2.45, 2.75) is 13.3 Å². The Labute approximate surface area is 114 Å². The number of halogens is 1. The Morgan fingerprint density at radius 2 is 2.11 bits per heavy atom. The first-order valence-corrected chi connectivity index (χ1v) is 6.74. The zero-order valence-electron chi connectivity index (χ0n) is 10.4. The highest BCUT2D eigenvalue weighted by atomic mass is 32.1. The monoisotopic (exact) mass is 279 g/mol. The van der Waals surface area contributed by atoms with Crippen molar-refractivity contribution in [3.63, 3.8) is 0 Å². The fraction of sp³-hybridized carbons (Fsp3) is 0.231. The second-order valence-electron chi connectivity index (χ2n) is 4.00. The molecule has 19 heavy (non-hydrogen) atoms. The van der Waals surface area contributed by atoms with Crippen molar-refractivity contribution in [3.8, 4) is 0 Å². The molecule has 2 aromatic rings. The first-order valence-electron chi connectivity index (χ1n) is 5.92. The summed E-state index contributed by atoms with van der Waals surface area (Å²) in [7, 11) is 0. The molecule has 2 rings (SSSR count). The summed E-state index contributed by atoms with van der Waals surface area (Å²) in [6.45, 7) is 2.81. The van der Waals surface area contributed by atoms with E-state index in [4.69, 9.17) is 5.73 Å². The van der Waals surface area contributed by atoms with E-state index in [0.29, 0.717) is 15.6 Å². The van der Waals surface area contributed by atoms with Gasteiger partial charge in [-0.2, -0.15) is 0 Å². The Hall–Kier alpha value is -1.95. The highest BCUT2D eigenvalue weighted by Crippen LogP contribution is 2.27. The van der Waals surface area contributed by atoms with Crippen LogP contribution in [0.5, 0.6) is 0 Å². The number of thiazole rings is 1. The van der Waals surface area contributed by atoms with Gasteiger partial charge in [0.05, 0.1) is 0 Å². The summed E-state index contributed by atoms with van der Waals surface area (Å²) in [5.41, 5.74) is 6.15. The van der Waals surface area contributed by atoms with E-state index < -0.39 is 0 Å². The third kappa shape index (κ3) is 3.08. The number of hydrogen-bond donors (Lipinski definition) is 2. The summed E-state index contributed by atoms with van der Waals surface area (Å²) in [5, 5.41) is 3.72. The number of nitrogen functional groups attached to an aromatic ring is 1. The molecule has 0 radical (unpaired) electrons. The summed E-state index contributed by atoms with van der Waals surface area (Å²) in [5.74, 6) is -0.406. The van der Waals surface area contributed by atoms with Crippen molar-refractivity contribution >= 4 is 28.1 Å². The van der Waals surface area contributed by atoms with E-state index in [1.54, 1.807) is 0 Å². The van der Waals surface area contributed by atoms with Gasteiger partial charge in [-0.1, -0.05) is 18.3 Å². The molecule has 0 amide bonds. The molecule has 100 valence electrons. The largest absolute Gasteiger partial charge is 0.382 e. The van der Waals surface area contributed by atoms with Crippen molar-refractivity contribution in [3.05, 3.63) is 40.5 Å². The van der Waals surface area contributed by atoms with Crippen LogP contribution in [0.15, 0.2) is 24.3 Å². The minimum atomic E-state index is -0.376. The number of carbonyl (C=O) groups excluding carboxylic acids is 1. The molecule has 4 nitrogen and oxygen atoms in total. The van der Waals surface area contributed by atoms with Crippen LogP contribution in [0, 0.1) is 5.82 Å². The molecule has 0 saturated heterocycles. The van der Waals surface area contributed by atoms with Gasteiger partial charge < -0.3 is 11.1 Å². The quantitative estimate of drug-likeness (QED) is 0.826. The molecule has 3 N–H and O–H groups in total. The molecule has 6 heteroatoms.